The van der Waals surface area contributed by atoms with Crippen molar-refractivity contribution >= 4 is 29.9 Å². The molecule has 0 radical (unpaired) electrons. The number of rotatable bonds is 12. The minimum atomic E-state index is 0. The van der Waals surface area contributed by atoms with Crippen LogP contribution in [0.4, 0.5) is 0 Å². The van der Waals surface area contributed by atoms with E-state index in [1.54, 1.807) is 0 Å². The first-order valence-electron chi connectivity index (χ1n) is 12.0. The summed E-state index contributed by atoms with van der Waals surface area (Å²) in [4.78, 5) is 9.48. The lowest BCUT2D eigenvalue weighted by Gasteiger charge is -2.34. The van der Waals surface area contributed by atoms with Gasteiger partial charge in [-0.25, -0.2) is 0 Å². The Bertz CT molecular complexity index is 620. The molecule has 3 rings (SSSR count). The van der Waals surface area contributed by atoms with Gasteiger partial charge in [0.25, 0.3) is 0 Å². The molecular weight excluding hydrogens is 517 g/mol. The zero-order chi connectivity index (χ0) is 21.6. The second-order valence-corrected chi connectivity index (χ2v) is 8.45. The van der Waals surface area contributed by atoms with Crippen LogP contribution in [0, 0.1) is 0 Å². The molecule has 2 N–H and O–H groups in total. The van der Waals surface area contributed by atoms with Crippen molar-refractivity contribution in [2.45, 2.75) is 38.3 Å². The molecule has 1 aromatic rings. The van der Waals surface area contributed by atoms with Crippen molar-refractivity contribution in [1.82, 2.24) is 20.4 Å². The zero-order valence-electron chi connectivity index (χ0n) is 19.6. The zero-order valence-corrected chi connectivity index (χ0v) is 22.0. The van der Waals surface area contributed by atoms with E-state index in [1.807, 2.05) is 7.05 Å². The maximum absolute atomic E-state index is 5.79. The van der Waals surface area contributed by atoms with Crippen LogP contribution in [0.3, 0.4) is 0 Å². The van der Waals surface area contributed by atoms with Crippen LogP contribution >= 0.6 is 24.0 Å². The summed E-state index contributed by atoms with van der Waals surface area (Å²) in [5, 5.41) is 6.80. The Balaban J connectivity index is 0.00000363. The van der Waals surface area contributed by atoms with E-state index >= 15 is 0 Å². The predicted molar refractivity (Wildman–Crippen MR) is 142 cm³/mol. The maximum Gasteiger partial charge on any atom is 0.190 e. The van der Waals surface area contributed by atoms with Gasteiger partial charge in [0.15, 0.2) is 5.96 Å². The largest absolute Gasteiger partial charge is 0.379 e. The Kier molecular flexibility index (Phi) is 14.2. The highest BCUT2D eigenvalue weighted by molar-refractivity contribution is 14.0. The van der Waals surface area contributed by atoms with E-state index < -0.39 is 0 Å². The molecule has 0 saturated carbocycles. The summed E-state index contributed by atoms with van der Waals surface area (Å²) >= 11 is 0. The van der Waals surface area contributed by atoms with Gasteiger partial charge in [0, 0.05) is 66.1 Å². The molecule has 7 nitrogen and oxygen atoms in total. The van der Waals surface area contributed by atoms with Crippen molar-refractivity contribution in [1.29, 1.82) is 0 Å². The molecule has 0 spiro atoms. The van der Waals surface area contributed by atoms with Gasteiger partial charge < -0.3 is 25.0 Å². The van der Waals surface area contributed by atoms with Gasteiger partial charge in [0.1, 0.15) is 0 Å². The van der Waals surface area contributed by atoms with Crippen molar-refractivity contribution in [3.63, 3.8) is 0 Å². The van der Waals surface area contributed by atoms with Gasteiger partial charge in [-0.2, -0.15) is 0 Å². The smallest absolute Gasteiger partial charge is 0.190 e. The van der Waals surface area contributed by atoms with Crippen LogP contribution in [0.5, 0.6) is 0 Å². The lowest BCUT2D eigenvalue weighted by Crippen LogP contribution is -2.46. The second kappa shape index (κ2) is 16.6. The normalized spacial score (nSPS) is 20.2. The summed E-state index contributed by atoms with van der Waals surface area (Å²) < 4.78 is 11.1. The van der Waals surface area contributed by atoms with Crippen molar-refractivity contribution in [2.24, 2.45) is 4.99 Å². The minimum Gasteiger partial charge on any atom is -0.379 e. The third-order valence-electron chi connectivity index (χ3n) is 5.99. The number of benzene rings is 1. The molecule has 2 saturated heterocycles. The lowest BCUT2D eigenvalue weighted by molar-refractivity contribution is 0.0420. The summed E-state index contributed by atoms with van der Waals surface area (Å²) in [5.41, 5.74) is 1.42. The van der Waals surface area contributed by atoms with E-state index in [1.165, 1.54) is 44.7 Å². The number of nitrogens with zero attached hydrogens (tertiary/aromatic N) is 3. The van der Waals surface area contributed by atoms with E-state index in [0.29, 0.717) is 6.10 Å². The summed E-state index contributed by atoms with van der Waals surface area (Å²) in [7, 11) is 1.83. The van der Waals surface area contributed by atoms with Crippen LogP contribution in [-0.2, 0) is 16.0 Å². The molecule has 0 aliphatic carbocycles. The number of unbranched alkanes of at least 4 members (excludes halogenated alkanes) is 1. The van der Waals surface area contributed by atoms with Gasteiger partial charge >= 0.3 is 0 Å². The molecule has 2 heterocycles. The molecule has 0 aromatic heterocycles. The fourth-order valence-corrected chi connectivity index (χ4v) is 4.07. The van der Waals surface area contributed by atoms with Crippen molar-refractivity contribution < 1.29 is 9.47 Å². The highest BCUT2D eigenvalue weighted by atomic mass is 127. The van der Waals surface area contributed by atoms with E-state index in [4.69, 9.17) is 9.47 Å². The van der Waals surface area contributed by atoms with Gasteiger partial charge in [-0.15, -0.1) is 24.0 Å². The Morgan fingerprint density at radius 3 is 2.44 bits per heavy atom. The first-order valence-corrected chi connectivity index (χ1v) is 12.0. The van der Waals surface area contributed by atoms with E-state index in [2.05, 4.69) is 55.8 Å². The lowest BCUT2D eigenvalue weighted by atomic mass is 10.2. The maximum atomic E-state index is 5.79. The number of guanidine groups is 1. The molecule has 0 amide bonds. The number of hydrogen-bond acceptors (Lipinski definition) is 5. The third-order valence-corrected chi connectivity index (χ3v) is 5.99. The Morgan fingerprint density at radius 2 is 1.75 bits per heavy atom. The van der Waals surface area contributed by atoms with Gasteiger partial charge in [-0.3, -0.25) is 9.89 Å². The molecule has 1 unspecified atom stereocenters. The van der Waals surface area contributed by atoms with Gasteiger partial charge in [0.05, 0.1) is 12.7 Å². The number of aliphatic imine (C=N–C) groups is 1. The van der Waals surface area contributed by atoms with Gasteiger partial charge in [0.2, 0.25) is 0 Å². The van der Waals surface area contributed by atoms with Crippen molar-refractivity contribution in [3.8, 4) is 0 Å². The summed E-state index contributed by atoms with van der Waals surface area (Å²) in [6.45, 7) is 11.2. The SMILES string of the molecule is CN=C(NCCCCN1CCN(Cc2ccccc2)CC1)NCCCOC1CCOC1.I. The highest BCUT2D eigenvalue weighted by Gasteiger charge is 2.16. The number of nitrogens with one attached hydrogen (secondary N) is 2. The summed E-state index contributed by atoms with van der Waals surface area (Å²) in [6, 6.07) is 10.8. The van der Waals surface area contributed by atoms with Crippen LogP contribution in [0.25, 0.3) is 0 Å². The number of piperazine rings is 1. The topological polar surface area (TPSA) is 61.4 Å². The molecular formula is C24H42IN5O2. The van der Waals surface area contributed by atoms with Crippen molar-refractivity contribution in [2.75, 3.05) is 72.7 Å². The Morgan fingerprint density at radius 1 is 1.03 bits per heavy atom. The summed E-state index contributed by atoms with van der Waals surface area (Å²) in [6.07, 6.45) is 4.69. The Labute approximate surface area is 211 Å². The molecule has 182 valence electrons. The quantitative estimate of drug-likeness (QED) is 0.178. The fraction of sp³-hybridized carbons (Fsp3) is 0.708. The average molecular weight is 560 g/mol. The standard InChI is InChI=1S/C24H41N5O2.HI/c1-25-24(27-12-7-18-31-23-10-19-30-21-23)26-11-5-6-13-28-14-16-29(17-15-28)20-22-8-3-2-4-9-22;/h2-4,8-9,23H,5-7,10-21H2,1H3,(H2,25,26,27);1H. The molecule has 2 aliphatic heterocycles. The number of halogens is 1. The molecule has 1 atom stereocenters. The van der Waals surface area contributed by atoms with Gasteiger partial charge in [-0.1, -0.05) is 30.3 Å². The first kappa shape index (κ1) is 27.3. The van der Waals surface area contributed by atoms with E-state index in [0.717, 1.165) is 64.7 Å². The van der Waals surface area contributed by atoms with Crippen LogP contribution in [0.2, 0.25) is 0 Å². The molecule has 2 fully saturated rings. The minimum absolute atomic E-state index is 0. The van der Waals surface area contributed by atoms with Crippen LogP contribution in [-0.4, -0.2) is 94.5 Å². The number of ether oxygens (including phenoxy) is 2. The van der Waals surface area contributed by atoms with Crippen LogP contribution < -0.4 is 10.6 Å². The molecule has 2 aliphatic rings. The van der Waals surface area contributed by atoms with E-state index in [-0.39, 0.29) is 24.0 Å². The van der Waals surface area contributed by atoms with E-state index in [9.17, 15) is 0 Å². The van der Waals surface area contributed by atoms with Crippen LogP contribution in [0.1, 0.15) is 31.2 Å². The fourth-order valence-electron chi connectivity index (χ4n) is 4.07. The molecule has 1 aromatic carbocycles. The predicted octanol–water partition coefficient (Wildman–Crippen LogP) is 2.56. The molecule has 0 bridgehead atoms. The number of hydrogen-bond donors (Lipinski definition) is 2. The van der Waals surface area contributed by atoms with Crippen molar-refractivity contribution in [3.05, 3.63) is 35.9 Å². The second-order valence-electron chi connectivity index (χ2n) is 8.45. The monoisotopic (exact) mass is 559 g/mol. The first-order chi connectivity index (χ1) is 15.3. The third kappa shape index (κ3) is 10.8. The van der Waals surface area contributed by atoms with Crippen LogP contribution in [0.15, 0.2) is 35.3 Å². The molecule has 32 heavy (non-hydrogen) atoms. The molecule has 8 heteroatoms. The summed E-state index contributed by atoms with van der Waals surface area (Å²) in [5.74, 6) is 0.888. The highest BCUT2D eigenvalue weighted by Crippen LogP contribution is 2.09. The average Bonchev–Trinajstić information content (AvgIpc) is 3.32. The Hall–Kier alpha value is -0.940. The van der Waals surface area contributed by atoms with Gasteiger partial charge in [-0.05, 0) is 37.8 Å².